The first-order chi connectivity index (χ1) is 14.8. The number of aromatic nitrogens is 2. The molecule has 1 saturated heterocycles. The van der Waals surface area contributed by atoms with Gasteiger partial charge in [-0.15, -0.1) is 0 Å². The van der Waals surface area contributed by atoms with Crippen LogP contribution >= 0.6 is 0 Å². The van der Waals surface area contributed by atoms with Gasteiger partial charge < -0.3 is 14.5 Å². The van der Waals surface area contributed by atoms with Gasteiger partial charge in [0.05, 0.1) is 5.69 Å². The highest BCUT2D eigenvalue weighted by molar-refractivity contribution is 5.68. The van der Waals surface area contributed by atoms with E-state index in [0.29, 0.717) is 19.1 Å². The smallest absolute Gasteiger partial charge is 0.410 e. The van der Waals surface area contributed by atoms with Gasteiger partial charge in [-0.2, -0.15) is 0 Å². The summed E-state index contributed by atoms with van der Waals surface area (Å²) in [5.41, 5.74) is 3.01. The van der Waals surface area contributed by atoms with Crippen molar-refractivity contribution in [2.24, 2.45) is 0 Å². The Hall–Kier alpha value is -2.63. The Bertz CT molecular complexity index is 923. The van der Waals surface area contributed by atoms with Crippen LogP contribution in [0.1, 0.15) is 63.2 Å². The highest BCUT2D eigenvalue weighted by Crippen LogP contribution is 2.31. The largest absolute Gasteiger partial charge is 0.444 e. The van der Waals surface area contributed by atoms with Crippen LogP contribution < -0.4 is 4.90 Å². The number of anilines is 1. The number of amides is 1. The molecule has 31 heavy (non-hydrogen) atoms. The third-order valence-corrected chi connectivity index (χ3v) is 6.05. The molecule has 0 radical (unpaired) electrons. The first-order valence-corrected chi connectivity index (χ1v) is 11.5. The lowest BCUT2D eigenvalue weighted by atomic mass is 10.1. The minimum atomic E-state index is -0.491. The molecular formula is C25H34N4O2. The van der Waals surface area contributed by atoms with Gasteiger partial charge in [0.25, 0.3) is 0 Å². The summed E-state index contributed by atoms with van der Waals surface area (Å²) in [6.07, 6.45) is 4.36. The van der Waals surface area contributed by atoms with E-state index in [2.05, 4.69) is 36.1 Å². The van der Waals surface area contributed by atoms with Gasteiger partial charge in [-0.1, -0.05) is 30.3 Å². The van der Waals surface area contributed by atoms with Gasteiger partial charge in [-0.25, -0.2) is 14.8 Å². The molecule has 1 aromatic heterocycles. The molecule has 1 unspecified atom stereocenters. The van der Waals surface area contributed by atoms with Crippen molar-refractivity contribution in [2.75, 3.05) is 24.5 Å². The maximum atomic E-state index is 12.7. The molecule has 166 valence electrons. The number of carbonyl (C=O) groups excluding carboxylic acids is 1. The number of nitrogens with zero attached hydrogens (tertiary/aromatic N) is 4. The molecule has 4 rings (SSSR count). The van der Waals surface area contributed by atoms with Crippen molar-refractivity contribution in [3.8, 4) is 0 Å². The monoisotopic (exact) mass is 422 g/mol. The van der Waals surface area contributed by atoms with Crippen LogP contribution in [0.25, 0.3) is 0 Å². The molecule has 6 nitrogen and oxygen atoms in total. The van der Waals surface area contributed by atoms with E-state index in [-0.39, 0.29) is 6.09 Å². The predicted molar refractivity (Wildman–Crippen MR) is 123 cm³/mol. The molecule has 0 aliphatic carbocycles. The average Bonchev–Trinajstić information content (AvgIpc) is 3.01. The number of rotatable bonds is 3. The summed E-state index contributed by atoms with van der Waals surface area (Å²) in [5, 5.41) is 0. The molecule has 0 bridgehead atoms. The topological polar surface area (TPSA) is 58.6 Å². The van der Waals surface area contributed by atoms with Gasteiger partial charge in [0, 0.05) is 44.1 Å². The molecule has 1 atom stereocenters. The molecule has 2 aliphatic heterocycles. The Balaban J connectivity index is 1.63. The summed E-state index contributed by atoms with van der Waals surface area (Å²) in [6.45, 7) is 10.3. The predicted octanol–water partition coefficient (Wildman–Crippen LogP) is 4.39. The fourth-order valence-corrected chi connectivity index (χ4v) is 4.48. The molecule has 1 aromatic carbocycles. The molecule has 1 fully saturated rings. The van der Waals surface area contributed by atoms with Crippen LogP contribution in [0.3, 0.4) is 0 Å². The fraction of sp³-hybridized carbons (Fsp3) is 0.560. The van der Waals surface area contributed by atoms with Crippen molar-refractivity contribution < 1.29 is 9.53 Å². The molecule has 1 amide bonds. The summed E-state index contributed by atoms with van der Waals surface area (Å²) in [5.74, 6) is 1.94. The van der Waals surface area contributed by atoms with Gasteiger partial charge >= 0.3 is 6.09 Å². The molecule has 2 aliphatic rings. The third-order valence-electron chi connectivity index (χ3n) is 6.05. The van der Waals surface area contributed by atoms with Crippen LogP contribution in [0.4, 0.5) is 10.6 Å². The number of benzene rings is 1. The normalized spacial score (nSPS) is 19.2. The van der Waals surface area contributed by atoms with Crippen LogP contribution in [-0.4, -0.2) is 52.2 Å². The first-order valence-electron chi connectivity index (χ1n) is 11.5. The van der Waals surface area contributed by atoms with E-state index >= 15 is 0 Å². The molecular weight excluding hydrogens is 388 g/mol. The van der Waals surface area contributed by atoms with Crippen LogP contribution in [0, 0.1) is 0 Å². The van der Waals surface area contributed by atoms with Crippen molar-refractivity contribution in [3.05, 3.63) is 53.0 Å². The molecule has 0 spiro atoms. The molecule has 2 aromatic rings. The Morgan fingerprint density at radius 3 is 2.52 bits per heavy atom. The zero-order chi connectivity index (χ0) is 22.0. The number of carbonyl (C=O) groups is 1. The second-order valence-corrected chi connectivity index (χ2v) is 9.70. The second kappa shape index (κ2) is 8.85. The minimum absolute atomic E-state index is 0.242. The van der Waals surface area contributed by atoms with E-state index in [1.54, 1.807) is 0 Å². The van der Waals surface area contributed by atoms with Crippen molar-refractivity contribution in [1.82, 2.24) is 14.9 Å². The van der Waals surface area contributed by atoms with Crippen molar-refractivity contribution in [2.45, 2.75) is 71.4 Å². The maximum Gasteiger partial charge on any atom is 0.410 e. The number of hydrogen-bond donors (Lipinski definition) is 0. The standard InChI is InChI=1S/C25H34N4O2/c1-18-9-8-14-29(18)23-20-12-15-28(24(30)31-25(2,3)4)16-13-21(20)26-22(27-23)17-19-10-6-5-7-11-19/h5-7,10-11,18H,8-9,12-17H2,1-4H3. The highest BCUT2D eigenvalue weighted by Gasteiger charge is 2.30. The van der Waals surface area contributed by atoms with Gasteiger partial charge in [0.1, 0.15) is 17.2 Å². The van der Waals surface area contributed by atoms with Gasteiger partial charge in [0.2, 0.25) is 0 Å². The number of fused-ring (bicyclic) bond motifs is 1. The second-order valence-electron chi connectivity index (χ2n) is 9.70. The highest BCUT2D eigenvalue weighted by atomic mass is 16.6. The summed E-state index contributed by atoms with van der Waals surface area (Å²) < 4.78 is 5.62. The summed E-state index contributed by atoms with van der Waals surface area (Å²) in [4.78, 5) is 27.0. The van der Waals surface area contributed by atoms with Crippen LogP contribution in [-0.2, 0) is 24.0 Å². The van der Waals surface area contributed by atoms with Crippen LogP contribution in [0.15, 0.2) is 30.3 Å². The zero-order valence-electron chi connectivity index (χ0n) is 19.2. The van der Waals surface area contributed by atoms with E-state index in [0.717, 1.165) is 43.1 Å². The Morgan fingerprint density at radius 1 is 1.10 bits per heavy atom. The Morgan fingerprint density at radius 2 is 1.84 bits per heavy atom. The van der Waals surface area contributed by atoms with Crippen molar-refractivity contribution >= 4 is 11.9 Å². The SMILES string of the molecule is CC1CCCN1c1nc(Cc2ccccc2)nc2c1CCN(C(=O)OC(C)(C)C)CC2. The van der Waals surface area contributed by atoms with Crippen molar-refractivity contribution in [3.63, 3.8) is 0 Å². The Labute approximate surface area is 185 Å². The van der Waals surface area contributed by atoms with Crippen molar-refractivity contribution in [1.29, 1.82) is 0 Å². The molecule has 0 saturated carbocycles. The van der Waals surface area contributed by atoms with E-state index in [4.69, 9.17) is 14.7 Å². The van der Waals surface area contributed by atoms with Crippen LogP contribution in [0.5, 0.6) is 0 Å². The molecule has 3 heterocycles. The van der Waals surface area contributed by atoms with E-state index in [1.165, 1.54) is 24.0 Å². The minimum Gasteiger partial charge on any atom is -0.444 e. The lowest BCUT2D eigenvalue weighted by molar-refractivity contribution is 0.0258. The average molecular weight is 423 g/mol. The summed E-state index contributed by atoms with van der Waals surface area (Å²) in [6, 6.07) is 10.9. The maximum absolute atomic E-state index is 12.7. The van der Waals surface area contributed by atoms with Gasteiger partial charge in [-0.3, -0.25) is 0 Å². The summed E-state index contributed by atoms with van der Waals surface area (Å²) >= 11 is 0. The number of ether oxygens (including phenoxy) is 1. The summed E-state index contributed by atoms with van der Waals surface area (Å²) in [7, 11) is 0. The number of hydrogen-bond acceptors (Lipinski definition) is 5. The quantitative estimate of drug-likeness (QED) is 0.734. The molecule has 0 N–H and O–H groups in total. The Kier molecular flexibility index (Phi) is 6.17. The van der Waals surface area contributed by atoms with Gasteiger partial charge in [0.15, 0.2) is 0 Å². The van der Waals surface area contributed by atoms with Crippen LogP contribution in [0.2, 0.25) is 0 Å². The van der Waals surface area contributed by atoms with E-state index in [9.17, 15) is 4.79 Å². The lowest BCUT2D eigenvalue weighted by Crippen LogP contribution is -2.38. The molecule has 6 heteroatoms. The fourth-order valence-electron chi connectivity index (χ4n) is 4.48. The van der Waals surface area contributed by atoms with Gasteiger partial charge in [-0.05, 0) is 52.5 Å². The van der Waals surface area contributed by atoms with E-state index in [1.807, 2.05) is 31.7 Å². The van der Waals surface area contributed by atoms with E-state index < -0.39 is 5.60 Å². The lowest BCUT2D eigenvalue weighted by Gasteiger charge is -2.27. The first kappa shape index (κ1) is 21.6. The zero-order valence-corrected chi connectivity index (χ0v) is 19.2. The third kappa shape index (κ3) is 5.17.